The number of benzene rings is 2. The van der Waals surface area contributed by atoms with E-state index in [0.717, 1.165) is 22.5 Å². The summed E-state index contributed by atoms with van der Waals surface area (Å²) in [6.45, 7) is -0.170. The van der Waals surface area contributed by atoms with Gasteiger partial charge >= 0.3 is 6.09 Å². The third-order valence-corrected chi connectivity index (χ3v) is 7.05. The molecule has 0 radical (unpaired) electrons. The molecule has 0 saturated carbocycles. The van der Waals surface area contributed by atoms with E-state index in [9.17, 15) is 35.6 Å². The first-order valence-electron chi connectivity index (χ1n) is 9.75. The lowest BCUT2D eigenvalue weighted by atomic mass is 10.1. The molecule has 1 aliphatic rings. The molecule has 0 aliphatic carbocycles. The lowest BCUT2D eigenvalue weighted by Gasteiger charge is -2.34. The van der Waals surface area contributed by atoms with E-state index in [0.29, 0.717) is 31.4 Å². The molecular weight excluding hydrogens is 470 g/mol. The SMILES string of the molecule is O=C(O)NC[C@H]1CCCCN1S(=O)(=O)c1cc(C(=O)Nc2cc(F)c(F)c(F)c2)ccc1F. The molecule has 2 aromatic rings. The van der Waals surface area contributed by atoms with Crippen LogP contribution in [0.15, 0.2) is 35.2 Å². The standard InChI is InChI=1S/C20H19F4N3O5S/c21-14-5-4-11(19(28)26-12-8-15(22)18(24)16(23)9-12)7-17(14)33(31,32)27-6-2-1-3-13(27)10-25-20(29)30/h4-5,7-9,13,25H,1-3,6,10H2,(H,26,28)(H,29,30)/t13-/m1/s1. The number of carbonyl (C=O) groups is 2. The summed E-state index contributed by atoms with van der Waals surface area (Å²) in [6, 6.07) is 2.81. The molecule has 0 aromatic heterocycles. The molecule has 1 fully saturated rings. The summed E-state index contributed by atoms with van der Waals surface area (Å²) in [6.07, 6.45) is 0.139. The second-order valence-electron chi connectivity index (χ2n) is 7.30. The van der Waals surface area contributed by atoms with Crippen LogP contribution in [0.4, 0.5) is 28.0 Å². The summed E-state index contributed by atoms with van der Waals surface area (Å²) in [4.78, 5) is 22.5. The Labute approximate surface area is 186 Å². The third kappa shape index (κ3) is 5.42. The largest absolute Gasteiger partial charge is 0.465 e. The summed E-state index contributed by atoms with van der Waals surface area (Å²) in [7, 11) is -4.46. The van der Waals surface area contributed by atoms with E-state index < -0.39 is 61.9 Å². The van der Waals surface area contributed by atoms with E-state index in [4.69, 9.17) is 5.11 Å². The van der Waals surface area contributed by atoms with E-state index >= 15 is 0 Å². The molecule has 2 aromatic carbocycles. The van der Waals surface area contributed by atoms with Crippen LogP contribution in [0.2, 0.25) is 0 Å². The molecule has 0 unspecified atom stereocenters. The maximum Gasteiger partial charge on any atom is 0.404 e. The molecule has 0 spiro atoms. The smallest absolute Gasteiger partial charge is 0.404 e. The quantitative estimate of drug-likeness (QED) is 0.425. The second-order valence-corrected chi connectivity index (χ2v) is 9.16. The zero-order chi connectivity index (χ0) is 24.3. The summed E-state index contributed by atoms with van der Waals surface area (Å²) >= 11 is 0. The van der Waals surface area contributed by atoms with Crippen LogP contribution in [0, 0.1) is 23.3 Å². The predicted octanol–water partition coefficient (Wildman–Crippen LogP) is 3.31. The molecule has 0 bridgehead atoms. The van der Waals surface area contributed by atoms with Crippen LogP contribution in [0.5, 0.6) is 0 Å². The van der Waals surface area contributed by atoms with Crippen LogP contribution < -0.4 is 10.6 Å². The Morgan fingerprint density at radius 1 is 1.03 bits per heavy atom. The number of nitrogens with zero attached hydrogens (tertiary/aromatic N) is 1. The maximum atomic E-state index is 14.5. The minimum Gasteiger partial charge on any atom is -0.465 e. The number of nitrogens with one attached hydrogen (secondary N) is 2. The Morgan fingerprint density at radius 2 is 1.70 bits per heavy atom. The Morgan fingerprint density at radius 3 is 2.33 bits per heavy atom. The Bertz CT molecular complexity index is 1170. The molecule has 1 saturated heterocycles. The summed E-state index contributed by atoms with van der Waals surface area (Å²) in [5, 5.41) is 13.0. The van der Waals surface area contributed by atoms with E-state index in [1.807, 2.05) is 0 Å². The number of halogens is 4. The van der Waals surface area contributed by atoms with Crippen LogP contribution in [0.1, 0.15) is 29.6 Å². The van der Waals surface area contributed by atoms with Crippen LogP contribution in [-0.2, 0) is 10.0 Å². The number of carbonyl (C=O) groups excluding carboxylic acids is 1. The molecular formula is C20H19F4N3O5S. The Kier molecular flexibility index (Phi) is 7.22. The summed E-state index contributed by atoms with van der Waals surface area (Å²) in [5.41, 5.74) is -0.765. The number of piperidine rings is 1. The fourth-order valence-electron chi connectivity index (χ4n) is 3.50. The van der Waals surface area contributed by atoms with E-state index in [2.05, 4.69) is 10.6 Å². The van der Waals surface area contributed by atoms with Crippen molar-refractivity contribution in [2.24, 2.45) is 0 Å². The van der Waals surface area contributed by atoms with Crippen molar-refractivity contribution in [1.82, 2.24) is 9.62 Å². The first-order valence-corrected chi connectivity index (χ1v) is 11.2. The van der Waals surface area contributed by atoms with E-state index in [-0.39, 0.29) is 18.7 Å². The number of hydrogen-bond acceptors (Lipinski definition) is 4. The molecule has 1 atom stereocenters. The van der Waals surface area contributed by atoms with Gasteiger partial charge in [0.1, 0.15) is 10.7 Å². The maximum absolute atomic E-state index is 14.5. The highest BCUT2D eigenvalue weighted by molar-refractivity contribution is 7.89. The zero-order valence-corrected chi connectivity index (χ0v) is 17.8. The van der Waals surface area contributed by atoms with Crippen molar-refractivity contribution >= 4 is 27.7 Å². The van der Waals surface area contributed by atoms with Crippen molar-refractivity contribution < 1.29 is 40.7 Å². The first kappa shape index (κ1) is 24.5. The van der Waals surface area contributed by atoms with E-state index in [1.165, 1.54) is 0 Å². The van der Waals surface area contributed by atoms with Crippen molar-refractivity contribution in [3.05, 3.63) is 59.2 Å². The fraction of sp³-hybridized carbons (Fsp3) is 0.300. The first-order chi connectivity index (χ1) is 15.5. The minimum atomic E-state index is -4.46. The predicted molar refractivity (Wildman–Crippen MR) is 108 cm³/mol. The molecule has 13 heteroatoms. The molecule has 3 N–H and O–H groups in total. The highest BCUT2D eigenvalue weighted by Gasteiger charge is 2.35. The third-order valence-electron chi connectivity index (χ3n) is 5.08. The topological polar surface area (TPSA) is 116 Å². The summed E-state index contributed by atoms with van der Waals surface area (Å²) < 4.78 is 81.7. The lowest BCUT2D eigenvalue weighted by molar-refractivity contribution is 0.102. The monoisotopic (exact) mass is 489 g/mol. The van der Waals surface area contributed by atoms with Crippen molar-refractivity contribution in [2.45, 2.75) is 30.2 Å². The number of carboxylic acid groups (broad SMARTS) is 1. The average Bonchev–Trinajstić information content (AvgIpc) is 2.76. The number of hydrogen-bond donors (Lipinski definition) is 3. The number of rotatable bonds is 6. The van der Waals surface area contributed by atoms with Crippen molar-refractivity contribution in [1.29, 1.82) is 0 Å². The van der Waals surface area contributed by atoms with E-state index in [1.54, 1.807) is 0 Å². The van der Waals surface area contributed by atoms with Gasteiger partial charge in [-0.15, -0.1) is 0 Å². The van der Waals surface area contributed by atoms with Gasteiger partial charge in [-0.1, -0.05) is 6.42 Å². The van der Waals surface area contributed by atoms with Crippen LogP contribution in [0.25, 0.3) is 0 Å². The normalized spacial score (nSPS) is 16.9. The number of anilines is 1. The molecule has 1 heterocycles. The Balaban J connectivity index is 1.89. The van der Waals surface area contributed by atoms with Gasteiger partial charge in [0.05, 0.1) is 0 Å². The van der Waals surface area contributed by atoms with Gasteiger partial charge in [0, 0.05) is 42.5 Å². The number of amides is 2. The molecule has 8 nitrogen and oxygen atoms in total. The highest BCUT2D eigenvalue weighted by Crippen LogP contribution is 2.28. The second kappa shape index (κ2) is 9.75. The lowest BCUT2D eigenvalue weighted by Crippen LogP contribution is -2.49. The van der Waals surface area contributed by atoms with Gasteiger partial charge in [-0.05, 0) is 31.0 Å². The van der Waals surface area contributed by atoms with Crippen molar-refractivity contribution in [3.63, 3.8) is 0 Å². The minimum absolute atomic E-state index is 0.0261. The Hall–Kier alpha value is -3.19. The van der Waals surface area contributed by atoms with Crippen LogP contribution in [-0.4, -0.2) is 49.0 Å². The summed E-state index contributed by atoms with van der Waals surface area (Å²) in [5.74, 6) is -6.96. The van der Waals surface area contributed by atoms with Crippen molar-refractivity contribution in [2.75, 3.05) is 18.4 Å². The van der Waals surface area contributed by atoms with Gasteiger partial charge in [-0.25, -0.2) is 30.8 Å². The molecule has 178 valence electrons. The highest BCUT2D eigenvalue weighted by atomic mass is 32.2. The van der Waals surface area contributed by atoms with Gasteiger partial charge in [-0.3, -0.25) is 4.79 Å². The zero-order valence-electron chi connectivity index (χ0n) is 16.9. The van der Waals surface area contributed by atoms with Gasteiger partial charge in [0.2, 0.25) is 10.0 Å². The molecule has 33 heavy (non-hydrogen) atoms. The van der Waals surface area contributed by atoms with Gasteiger partial charge in [0.25, 0.3) is 5.91 Å². The van der Waals surface area contributed by atoms with Gasteiger partial charge in [-0.2, -0.15) is 4.31 Å². The molecule has 2 amide bonds. The van der Waals surface area contributed by atoms with Crippen LogP contribution in [0.3, 0.4) is 0 Å². The van der Waals surface area contributed by atoms with Crippen LogP contribution >= 0.6 is 0 Å². The number of sulfonamides is 1. The fourth-order valence-corrected chi connectivity index (χ4v) is 5.28. The van der Waals surface area contributed by atoms with Gasteiger partial charge < -0.3 is 15.7 Å². The molecule has 3 rings (SSSR count). The average molecular weight is 489 g/mol. The van der Waals surface area contributed by atoms with Gasteiger partial charge in [0.15, 0.2) is 17.5 Å². The molecule has 1 aliphatic heterocycles. The van der Waals surface area contributed by atoms with Crippen molar-refractivity contribution in [3.8, 4) is 0 Å².